The molecule has 2 rings (SSSR count). The van der Waals surface area contributed by atoms with Crippen LogP contribution in [0.15, 0.2) is 27.5 Å². The Morgan fingerprint density at radius 1 is 1.28 bits per heavy atom. The Bertz CT molecular complexity index is 778. The second-order valence-electron chi connectivity index (χ2n) is 6.38. The van der Waals surface area contributed by atoms with Crippen molar-refractivity contribution in [1.82, 2.24) is 4.57 Å². The summed E-state index contributed by atoms with van der Waals surface area (Å²) in [6.07, 6.45) is 1.54. The van der Waals surface area contributed by atoms with Crippen molar-refractivity contribution in [1.29, 1.82) is 0 Å². The second kappa shape index (κ2) is 8.03. The van der Waals surface area contributed by atoms with E-state index in [0.29, 0.717) is 19.0 Å². The van der Waals surface area contributed by atoms with Crippen LogP contribution in [0.3, 0.4) is 0 Å². The van der Waals surface area contributed by atoms with Gasteiger partial charge in [-0.1, -0.05) is 32.4 Å². The monoisotopic (exact) mass is 373 g/mol. The molecule has 8 heteroatoms. The Morgan fingerprint density at radius 3 is 2.60 bits per heavy atom. The van der Waals surface area contributed by atoms with E-state index in [1.807, 2.05) is 20.8 Å². The zero-order valence-electron chi connectivity index (χ0n) is 14.6. The maximum Gasteiger partial charge on any atom is 0.423 e. The van der Waals surface area contributed by atoms with Crippen molar-refractivity contribution in [3.8, 4) is 11.4 Å². The predicted molar refractivity (Wildman–Crippen MR) is 91.3 cm³/mol. The highest BCUT2D eigenvalue weighted by Crippen LogP contribution is 2.30. The number of halogens is 2. The van der Waals surface area contributed by atoms with Crippen LogP contribution in [-0.2, 0) is 14.9 Å². The highest BCUT2D eigenvalue weighted by molar-refractivity contribution is 6.32. The van der Waals surface area contributed by atoms with Gasteiger partial charge in [-0.15, -0.1) is 0 Å². The highest BCUT2D eigenvalue weighted by Gasteiger charge is 2.22. The summed E-state index contributed by atoms with van der Waals surface area (Å²) in [5.41, 5.74) is -0.0926. The number of oxazole rings is 1. The van der Waals surface area contributed by atoms with E-state index in [4.69, 9.17) is 30.2 Å². The number of aromatic nitrogens is 1. The molecule has 1 aromatic carbocycles. The van der Waals surface area contributed by atoms with Crippen molar-refractivity contribution in [3.63, 3.8) is 0 Å². The lowest BCUT2D eigenvalue weighted by Crippen LogP contribution is -2.13. The van der Waals surface area contributed by atoms with E-state index < -0.39 is 11.6 Å². The van der Waals surface area contributed by atoms with Crippen LogP contribution in [0.1, 0.15) is 26.5 Å². The van der Waals surface area contributed by atoms with Gasteiger partial charge in [0.25, 0.3) is 0 Å². The molecule has 0 N–H and O–H groups in total. The first-order valence-corrected chi connectivity index (χ1v) is 8.03. The smallest absolute Gasteiger partial charge is 0.423 e. The lowest BCUT2D eigenvalue weighted by molar-refractivity contribution is -0.0100. The maximum absolute atomic E-state index is 14.0. The number of nitrogens with zero attached hydrogens (tertiary/aromatic N) is 1. The Morgan fingerprint density at radius 2 is 2.00 bits per heavy atom. The van der Waals surface area contributed by atoms with Crippen molar-refractivity contribution >= 4 is 11.6 Å². The Hall–Kier alpha value is -1.83. The summed E-state index contributed by atoms with van der Waals surface area (Å²) in [5, 5.41) is 0.0634. The summed E-state index contributed by atoms with van der Waals surface area (Å²) in [4.78, 5) is 12.1. The van der Waals surface area contributed by atoms with E-state index in [-0.39, 0.29) is 28.7 Å². The van der Waals surface area contributed by atoms with Crippen LogP contribution >= 0.6 is 11.6 Å². The fourth-order valence-corrected chi connectivity index (χ4v) is 2.22. The summed E-state index contributed by atoms with van der Waals surface area (Å²) < 4.78 is 35.7. The standard InChI is InChI=1S/C17H21ClFNO5/c1-17(2,3)15-9-20(16(21)25-15)13-8-14(12(19)7-11(13)18)24-10-23-6-5-22-4/h7-9H,5-6,10H2,1-4H3. The third-order valence-corrected chi connectivity index (χ3v) is 3.67. The van der Waals surface area contributed by atoms with Crippen molar-refractivity contribution < 1.29 is 23.0 Å². The van der Waals surface area contributed by atoms with Gasteiger partial charge in [-0.05, 0) is 6.07 Å². The van der Waals surface area contributed by atoms with Crippen molar-refractivity contribution in [3.05, 3.63) is 45.5 Å². The molecule has 0 spiro atoms. The molecule has 0 fully saturated rings. The van der Waals surface area contributed by atoms with Gasteiger partial charge >= 0.3 is 5.76 Å². The Labute approximate surface area is 150 Å². The molecule has 0 saturated carbocycles. The van der Waals surface area contributed by atoms with E-state index >= 15 is 0 Å². The SMILES string of the molecule is COCCOCOc1cc(-n2cc(C(C)(C)C)oc2=O)c(Cl)cc1F. The van der Waals surface area contributed by atoms with Gasteiger partial charge in [-0.25, -0.2) is 13.8 Å². The van der Waals surface area contributed by atoms with Gasteiger partial charge < -0.3 is 18.6 Å². The third kappa shape index (κ3) is 4.84. The number of hydrogen-bond donors (Lipinski definition) is 0. The predicted octanol–water partition coefficient (Wildman–Crippen LogP) is 3.52. The molecule has 25 heavy (non-hydrogen) atoms. The minimum atomic E-state index is -0.656. The van der Waals surface area contributed by atoms with Crippen molar-refractivity contribution in [2.24, 2.45) is 0 Å². The van der Waals surface area contributed by atoms with Gasteiger partial charge in [-0.3, -0.25) is 0 Å². The summed E-state index contributed by atoms with van der Waals surface area (Å²) >= 11 is 6.09. The average molecular weight is 374 g/mol. The molecular weight excluding hydrogens is 353 g/mol. The zero-order valence-corrected chi connectivity index (χ0v) is 15.4. The molecule has 1 aromatic heterocycles. The largest absolute Gasteiger partial charge is 0.464 e. The molecule has 0 atom stereocenters. The maximum atomic E-state index is 14.0. The minimum Gasteiger partial charge on any atom is -0.464 e. The third-order valence-electron chi connectivity index (χ3n) is 3.37. The van der Waals surface area contributed by atoms with E-state index in [9.17, 15) is 9.18 Å². The molecule has 0 unspecified atom stereocenters. The lowest BCUT2D eigenvalue weighted by Gasteiger charge is -2.13. The number of rotatable bonds is 7. The molecule has 0 aliphatic carbocycles. The molecule has 1 heterocycles. The first kappa shape index (κ1) is 19.5. The van der Waals surface area contributed by atoms with E-state index in [0.717, 1.165) is 6.07 Å². The average Bonchev–Trinajstić information content (AvgIpc) is 2.91. The topological polar surface area (TPSA) is 62.8 Å². The molecule has 0 aliphatic heterocycles. The van der Waals surface area contributed by atoms with E-state index in [1.54, 1.807) is 13.3 Å². The summed E-state index contributed by atoms with van der Waals surface area (Å²) in [6, 6.07) is 2.41. The second-order valence-corrected chi connectivity index (χ2v) is 6.79. The fraction of sp³-hybridized carbons (Fsp3) is 0.471. The van der Waals surface area contributed by atoms with Gasteiger partial charge in [0, 0.05) is 18.6 Å². The summed E-state index contributed by atoms with van der Waals surface area (Å²) in [7, 11) is 1.55. The van der Waals surface area contributed by atoms with Gasteiger partial charge in [-0.2, -0.15) is 0 Å². The summed E-state index contributed by atoms with van der Waals surface area (Å²) in [6.45, 7) is 6.29. The quantitative estimate of drug-likeness (QED) is 0.549. The first-order valence-electron chi connectivity index (χ1n) is 7.66. The van der Waals surface area contributed by atoms with Crippen molar-refractivity contribution in [2.45, 2.75) is 26.2 Å². The molecule has 0 bridgehead atoms. The molecule has 0 saturated heterocycles. The van der Waals surface area contributed by atoms with Gasteiger partial charge in [0.15, 0.2) is 18.4 Å². The van der Waals surface area contributed by atoms with Crippen LogP contribution < -0.4 is 10.5 Å². The number of ether oxygens (including phenoxy) is 3. The lowest BCUT2D eigenvalue weighted by atomic mass is 9.94. The van der Waals surface area contributed by atoms with Gasteiger partial charge in [0.2, 0.25) is 0 Å². The van der Waals surface area contributed by atoms with Crippen LogP contribution in [0, 0.1) is 5.82 Å². The van der Waals surface area contributed by atoms with Gasteiger partial charge in [0.1, 0.15) is 5.76 Å². The molecular formula is C17H21ClFNO5. The molecule has 0 radical (unpaired) electrons. The molecule has 6 nitrogen and oxygen atoms in total. The molecule has 0 aliphatic rings. The molecule has 0 amide bonds. The van der Waals surface area contributed by atoms with E-state index in [1.165, 1.54) is 10.6 Å². The number of benzene rings is 1. The van der Waals surface area contributed by atoms with Gasteiger partial charge in [0.05, 0.1) is 30.1 Å². The molecule has 138 valence electrons. The zero-order chi connectivity index (χ0) is 18.6. The minimum absolute atomic E-state index is 0.0634. The first-order chi connectivity index (χ1) is 11.7. The fourth-order valence-electron chi connectivity index (χ4n) is 1.97. The van der Waals surface area contributed by atoms with Crippen molar-refractivity contribution in [2.75, 3.05) is 27.1 Å². The normalized spacial score (nSPS) is 11.8. The van der Waals surface area contributed by atoms with Crippen LogP contribution in [0.25, 0.3) is 5.69 Å². The molecule has 2 aromatic rings. The number of hydrogen-bond acceptors (Lipinski definition) is 5. The van der Waals surface area contributed by atoms with Crippen LogP contribution in [0.2, 0.25) is 5.02 Å². The van der Waals surface area contributed by atoms with Crippen LogP contribution in [-0.4, -0.2) is 31.7 Å². The van der Waals surface area contributed by atoms with Crippen LogP contribution in [0.5, 0.6) is 5.75 Å². The Balaban J connectivity index is 2.28. The van der Waals surface area contributed by atoms with Crippen LogP contribution in [0.4, 0.5) is 4.39 Å². The highest BCUT2D eigenvalue weighted by atomic mass is 35.5. The number of methoxy groups -OCH3 is 1. The Kier molecular flexibility index (Phi) is 6.26. The van der Waals surface area contributed by atoms with E-state index in [2.05, 4.69) is 0 Å². The summed E-state index contributed by atoms with van der Waals surface area (Å²) in [5.74, 6) is -0.858.